The number of nitrogens with two attached hydrogens (primary N) is 1. The molecule has 1 saturated carbocycles. The molecule has 5 rings (SSSR count). The zero-order valence-corrected chi connectivity index (χ0v) is 20.8. The molecule has 2 heterocycles. The number of amides is 1. The molecule has 0 unspecified atom stereocenters. The van der Waals surface area contributed by atoms with Crippen LogP contribution in [0.25, 0.3) is 0 Å². The number of rotatable bonds is 9. The first-order chi connectivity index (χ1) is 17.0. The highest BCUT2D eigenvalue weighted by molar-refractivity contribution is 7.99. The number of ether oxygens (including phenoxy) is 1. The highest BCUT2D eigenvalue weighted by atomic mass is 32.2. The van der Waals surface area contributed by atoms with Crippen LogP contribution < -0.4 is 15.4 Å². The molecular formula is C27H31N5O2S. The normalized spacial score (nSPS) is 16.3. The second kappa shape index (κ2) is 10.7. The number of carbonyl (C=O) groups excluding carboxylic acids is 1. The third-order valence-electron chi connectivity index (χ3n) is 6.45. The van der Waals surface area contributed by atoms with Crippen LogP contribution in [0.2, 0.25) is 0 Å². The maximum Gasteiger partial charge on any atom is 0.248 e. The van der Waals surface area contributed by atoms with Gasteiger partial charge in [-0.15, -0.1) is 0 Å². The van der Waals surface area contributed by atoms with Crippen LogP contribution in [0.1, 0.15) is 34.3 Å². The van der Waals surface area contributed by atoms with Crippen molar-refractivity contribution in [1.29, 1.82) is 0 Å². The summed E-state index contributed by atoms with van der Waals surface area (Å²) >= 11 is 1.52. The van der Waals surface area contributed by atoms with Crippen molar-refractivity contribution in [3.63, 3.8) is 0 Å². The van der Waals surface area contributed by atoms with Gasteiger partial charge in [0.25, 0.3) is 0 Å². The summed E-state index contributed by atoms with van der Waals surface area (Å²) in [6.07, 6.45) is 5.68. The Balaban J connectivity index is 1.36. The summed E-state index contributed by atoms with van der Waals surface area (Å²) in [5, 5.41) is 0. The predicted octanol–water partition coefficient (Wildman–Crippen LogP) is 4.01. The number of carbonyl (C=O) groups is 1. The SMILES string of the molecule is CN1CCN(c2ncc(Sc3ccc(C(N)=O)cc3)c(OCc3cccc(CC4CC4)c3)n2)CC1. The quantitative estimate of drug-likeness (QED) is 0.486. The number of nitrogens with zero attached hydrogens (tertiary/aromatic N) is 4. The van der Waals surface area contributed by atoms with Crippen molar-refractivity contribution in [3.8, 4) is 5.88 Å². The van der Waals surface area contributed by atoms with Crippen molar-refractivity contribution in [1.82, 2.24) is 14.9 Å². The van der Waals surface area contributed by atoms with Gasteiger partial charge in [0.15, 0.2) is 0 Å². The van der Waals surface area contributed by atoms with Crippen LogP contribution in [0, 0.1) is 5.92 Å². The fourth-order valence-corrected chi connectivity index (χ4v) is 4.97. The first-order valence-corrected chi connectivity index (χ1v) is 12.9. The van der Waals surface area contributed by atoms with Crippen LogP contribution in [-0.2, 0) is 13.0 Å². The van der Waals surface area contributed by atoms with Gasteiger partial charge >= 0.3 is 0 Å². The van der Waals surface area contributed by atoms with Crippen LogP contribution in [0.15, 0.2) is 64.5 Å². The number of likely N-dealkylation sites (N-methyl/N-ethyl adjacent to an activating group) is 1. The molecule has 3 aromatic rings. The van der Waals surface area contributed by atoms with E-state index in [0.717, 1.165) is 53.9 Å². The van der Waals surface area contributed by atoms with Crippen molar-refractivity contribution in [3.05, 3.63) is 71.4 Å². The molecule has 0 radical (unpaired) electrons. The summed E-state index contributed by atoms with van der Waals surface area (Å²) in [5.41, 5.74) is 8.38. The molecule has 35 heavy (non-hydrogen) atoms. The Hall–Kier alpha value is -3.10. The maximum atomic E-state index is 11.4. The summed E-state index contributed by atoms with van der Waals surface area (Å²) in [4.78, 5) is 27.2. The second-order valence-corrected chi connectivity index (χ2v) is 10.5. The molecule has 0 spiro atoms. The largest absolute Gasteiger partial charge is 0.472 e. The lowest BCUT2D eigenvalue weighted by atomic mass is 10.1. The Bertz CT molecular complexity index is 1170. The summed E-state index contributed by atoms with van der Waals surface area (Å²) in [7, 11) is 2.13. The van der Waals surface area contributed by atoms with E-state index >= 15 is 0 Å². The second-order valence-electron chi connectivity index (χ2n) is 9.38. The van der Waals surface area contributed by atoms with E-state index in [0.29, 0.717) is 24.0 Å². The average molecular weight is 490 g/mol. The number of primary amides is 1. The molecule has 2 aliphatic rings. The molecule has 182 valence electrons. The molecule has 1 aliphatic heterocycles. The minimum absolute atomic E-state index is 0.436. The predicted molar refractivity (Wildman–Crippen MR) is 138 cm³/mol. The zero-order chi connectivity index (χ0) is 24.2. The van der Waals surface area contributed by atoms with E-state index < -0.39 is 5.91 Å². The van der Waals surface area contributed by atoms with Gasteiger partial charge in [0.2, 0.25) is 17.7 Å². The lowest BCUT2D eigenvalue weighted by molar-refractivity contribution is 0.1000. The zero-order valence-electron chi connectivity index (χ0n) is 20.0. The number of benzene rings is 2. The molecule has 8 heteroatoms. The smallest absolute Gasteiger partial charge is 0.248 e. The van der Waals surface area contributed by atoms with E-state index in [4.69, 9.17) is 15.5 Å². The van der Waals surface area contributed by atoms with E-state index in [2.05, 4.69) is 46.1 Å². The standard InChI is InChI=1S/C27H31N5O2S/c1-31-11-13-32(14-12-31)27-29-17-24(35-23-9-7-22(8-10-23)25(28)33)26(30-27)34-18-21-4-2-3-20(16-21)15-19-5-6-19/h2-4,7-10,16-17,19H,5-6,11-15,18H2,1H3,(H2,28,33). The monoisotopic (exact) mass is 489 g/mol. The van der Waals surface area contributed by atoms with Crippen molar-refractivity contribution in [2.75, 3.05) is 38.1 Å². The van der Waals surface area contributed by atoms with Gasteiger partial charge in [-0.1, -0.05) is 36.0 Å². The Morgan fingerprint density at radius 3 is 2.54 bits per heavy atom. The van der Waals surface area contributed by atoms with Gasteiger partial charge in [-0.05, 0) is 67.6 Å². The van der Waals surface area contributed by atoms with Gasteiger partial charge in [-0.2, -0.15) is 4.98 Å². The lowest BCUT2D eigenvalue weighted by Crippen LogP contribution is -2.45. The first kappa shape index (κ1) is 23.6. The highest BCUT2D eigenvalue weighted by Gasteiger charge is 2.22. The van der Waals surface area contributed by atoms with Gasteiger partial charge in [-0.25, -0.2) is 4.98 Å². The molecular weight excluding hydrogens is 458 g/mol. The number of hydrogen-bond acceptors (Lipinski definition) is 7. The van der Waals surface area contributed by atoms with Crippen LogP contribution in [0.3, 0.4) is 0 Å². The van der Waals surface area contributed by atoms with Crippen molar-refractivity contribution >= 4 is 23.6 Å². The van der Waals surface area contributed by atoms with Gasteiger partial charge in [0, 0.05) is 36.6 Å². The molecule has 2 N–H and O–H groups in total. The van der Waals surface area contributed by atoms with E-state index in [-0.39, 0.29) is 0 Å². The molecule has 1 aromatic heterocycles. The van der Waals surface area contributed by atoms with E-state index in [1.54, 1.807) is 12.1 Å². The van der Waals surface area contributed by atoms with E-state index in [1.807, 2.05) is 18.3 Å². The highest BCUT2D eigenvalue weighted by Crippen LogP contribution is 2.35. The maximum absolute atomic E-state index is 11.4. The molecule has 1 amide bonds. The Labute approximate surface area is 210 Å². The number of aromatic nitrogens is 2. The molecule has 2 aromatic carbocycles. The molecule has 0 atom stereocenters. The first-order valence-electron chi connectivity index (χ1n) is 12.1. The average Bonchev–Trinajstić information content (AvgIpc) is 3.68. The Kier molecular flexibility index (Phi) is 7.20. The van der Waals surface area contributed by atoms with E-state index in [9.17, 15) is 4.79 Å². The van der Waals surface area contributed by atoms with Gasteiger partial charge < -0.3 is 20.3 Å². The van der Waals surface area contributed by atoms with Crippen LogP contribution in [0.4, 0.5) is 5.95 Å². The number of anilines is 1. The van der Waals surface area contributed by atoms with Crippen molar-refractivity contribution in [2.45, 2.75) is 35.7 Å². The topological polar surface area (TPSA) is 84.6 Å². The summed E-state index contributed by atoms with van der Waals surface area (Å²) < 4.78 is 6.30. The van der Waals surface area contributed by atoms with Crippen LogP contribution in [0.5, 0.6) is 5.88 Å². The van der Waals surface area contributed by atoms with Gasteiger partial charge in [0.05, 0.1) is 11.1 Å². The van der Waals surface area contributed by atoms with E-state index in [1.165, 1.54) is 30.2 Å². The molecule has 1 saturated heterocycles. The summed E-state index contributed by atoms with van der Waals surface area (Å²) in [6, 6.07) is 15.9. The molecule has 2 fully saturated rings. The Morgan fingerprint density at radius 2 is 1.83 bits per heavy atom. The lowest BCUT2D eigenvalue weighted by Gasteiger charge is -2.32. The van der Waals surface area contributed by atoms with Gasteiger partial charge in [0.1, 0.15) is 6.61 Å². The summed E-state index contributed by atoms with van der Waals surface area (Å²) in [6.45, 7) is 4.19. The third-order valence-corrected chi connectivity index (χ3v) is 7.46. The minimum Gasteiger partial charge on any atom is -0.472 e. The molecule has 1 aliphatic carbocycles. The molecule has 7 nitrogen and oxygen atoms in total. The van der Waals surface area contributed by atoms with Crippen molar-refractivity contribution in [2.24, 2.45) is 11.7 Å². The molecule has 0 bridgehead atoms. The fourth-order valence-electron chi connectivity index (χ4n) is 4.15. The third kappa shape index (κ3) is 6.32. The van der Waals surface area contributed by atoms with Crippen molar-refractivity contribution < 1.29 is 9.53 Å². The fraction of sp³-hybridized carbons (Fsp3) is 0.370. The van der Waals surface area contributed by atoms with Crippen LogP contribution in [-0.4, -0.2) is 54.0 Å². The van der Waals surface area contributed by atoms with Crippen LogP contribution >= 0.6 is 11.8 Å². The minimum atomic E-state index is -0.436. The van der Waals surface area contributed by atoms with Gasteiger partial charge in [-0.3, -0.25) is 4.79 Å². The summed E-state index contributed by atoms with van der Waals surface area (Å²) in [5.74, 6) is 1.69. The Morgan fingerprint density at radius 1 is 1.09 bits per heavy atom. The number of hydrogen-bond donors (Lipinski definition) is 1. The number of piperazine rings is 1.